The Hall–Kier alpha value is 0.0500. The van der Waals surface area contributed by atoms with Gasteiger partial charge in [-0.1, -0.05) is 40.7 Å². The number of allylic oxidation sites excluding steroid dienone is 2. The van der Waals surface area contributed by atoms with Gasteiger partial charge in [0.15, 0.2) is 0 Å². The molecule has 2 heteroatoms. The molecule has 0 spiro atoms. The Morgan fingerprint density at radius 2 is 1.50 bits per heavy atom. The van der Waals surface area contributed by atoms with Crippen molar-refractivity contribution in [1.29, 1.82) is 0 Å². The number of rotatable bonds is 1. The SMILES string of the molecule is CC.CC(C)(C)C(C)(C)O.CSC1=CCCCC1. The molecule has 0 radical (unpaired) electrons. The molecule has 0 saturated carbocycles. The van der Waals surface area contributed by atoms with Crippen LogP contribution in [0.5, 0.6) is 0 Å². The highest BCUT2D eigenvalue weighted by molar-refractivity contribution is 8.02. The molecule has 0 bridgehead atoms. The predicted octanol–water partition coefficient (Wildman–Crippen LogP) is 5.64. The lowest BCUT2D eigenvalue weighted by molar-refractivity contribution is -0.0238. The minimum atomic E-state index is -0.562. The molecule has 0 aliphatic heterocycles. The molecule has 0 fully saturated rings. The van der Waals surface area contributed by atoms with E-state index in [2.05, 4.69) is 12.3 Å². The van der Waals surface area contributed by atoms with E-state index in [9.17, 15) is 5.11 Å². The molecule has 1 aliphatic carbocycles. The topological polar surface area (TPSA) is 20.2 Å². The van der Waals surface area contributed by atoms with Crippen LogP contribution in [0.1, 0.15) is 74.1 Å². The largest absolute Gasteiger partial charge is 0.390 e. The van der Waals surface area contributed by atoms with E-state index in [0.717, 1.165) is 0 Å². The number of aliphatic hydroxyl groups is 1. The number of thioether (sulfide) groups is 1. The van der Waals surface area contributed by atoms with Crippen LogP contribution in [0.25, 0.3) is 0 Å². The van der Waals surface area contributed by atoms with Gasteiger partial charge in [-0.15, -0.1) is 11.8 Å². The maximum atomic E-state index is 9.35. The van der Waals surface area contributed by atoms with Gasteiger partial charge in [0.2, 0.25) is 0 Å². The zero-order valence-corrected chi connectivity index (χ0v) is 14.6. The number of hydrogen-bond donors (Lipinski definition) is 1. The summed E-state index contributed by atoms with van der Waals surface area (Å²) in [6, 6.07) is 0. The zero-order valence-electron chi connectivity index (χ0n) is 13.8. The molecule has 1 nitrogen and oxygen atoms in total. The third-order valence-corrected chi connectivity index (χ3v) is 4.24. The van der Waals surface area contributed by atoms with Crippen molar-refractivity contribution in [2.24, 2.45) is 5.41 Å². The molecule has 0 aromatic heterocycles. The standard InChI is InChI=1S/C7H16O.C7H12S.C2H6/c1-6(2,3)7(4,5)8;1-8-7-5-3-2-4-6-7;1-2/h8H,1-5H3;5H,2-4,6H2,1H3;1-2H3. The Morgan fingerprint density at radius 3 is 1.67 bits per heavy atom. The molecular weight excluding hydrogens is 240 g/mol. The van der Waals surface area contributed by atoms with Crippen molar-refractivity contribution in [3.63, 3.8) is 0 Å². The van der Waals surface area contributed by atoms with E-state index in [4.69, 9.17) is 0 Å². The quantitative estimate of drug-likeness (QED) is 0.668. The fraction of sp³-hybridized carbons (Fsp3) is 0.875. The van der Waals surface area contributed by atoms with E-state index in [-0.39, 0.29) is 5.41 Å². The van der Waals surface area contributed by atoms with Crippen molar-refractivity contribution >= 4 is 11.8 Å². The summed E-state index contributed by atoms with van der Waals surface area (Å²) in [7, 11) is 0. The molecule has 1 aliphatic rings. The van der Waals surface area contributed by atoms with Gasteiger partial charge in [0.1, 0.15) is 0 Å². The van der Waals surface area contributed by atoms with E-state index in [1.54, 1.807) is 4.91 Å². The summed E-state index contributed by atoms with van der Waals surface area (Å²) in [5.74, 6) is 0. The highest BCUT2D eigenvalue weighted by atomic mass is 32.2. The van der Waals surface area contributed by atoms with Gasteiger partial charge in [-0.2, -0.15) is 0 Å². The molecular formula is C16H34OS. The normalized spacial score (nSPS) is 15.7. The molecule has 0 aromatic rings. The maximum absolute atomic E-state index is 9.35. The lowest BCUT2D eigenvalue weighted by Gasteiger charge is -2.33. The summed E-state index contributed by atoms with van der Waals surface area (Å²) in [6.07, 6.45) is 10.00. The fourth-order valence-electron chi connectivity index (χ4n) is 0.994. The van der Waals surface area contributed by atoms with Gasteiger partial charge >= 0.3 is 0 Å². The minimum absolute atomic E-state index is 0.00694. The molecule has 0 saturated heterocycles. The first-order chi connectivity index (χ1) is 8.18. The van der Waals surface area contributed by atoms with Crippen molar-refractivity contribution < 1.29 is 5.11 Å². The average Bonchev–Trinajstić information content (AvgIpc) is 2.31. The Balaban J connectivity index is 0. The molecule has 0 unspecified atom stereocenters. The first-order valence-electron chi connectivity index (χ1n) is 7.14. The minimum Gasteiger partial charge on any atom is -0.390 e. The molecule has 110 valence electrons. The van der Waals surface area contributed by atoms with Crippen LogP contribution in [-0.4, -0.2) is 17.0 Å². The highest BCUT2D eigenvalue weighted by Crippen LogP contribution is 2.28. The van der Waals surface area contributed by atoms with Crippen LogP contribution in [-0.2, 0) is 0 Å². The molecule has 0 heterocycles. The van der Waals surface area contributed by atoms with Crippen molar-refractivity contribution in [2.45, 2.75) is 79.8 Å². The summed E-state index contributed by atoms with van der Waals surface area (Å²) in [4.78, 5) is 1.59. The first-order valence-corrected chi connectivity index (χ1v) is 8.36. The van der Waals surface area contributed by atoms with Gasteiger partial charge < -0.3 is 5.11 Å². The lowest BCUT2D eigenvalue weighted by atomic mass is 9.79. The summed E-state index contributed by atoms with van der Waals surface area (Å²) < 4.78 is 0. The summed E-state index contributed by atoms with van der Waals surface area (Å²) in [5.41, 5.74) is -0.569. The Morgan fingerprint density at radius 1 is 1.06 bits per heavy atom. The molecule has 1 N–H and O–H groups in total. The van der Waals surface area contributed by atoms with E-state index < -0.39 is 5.60 Å². The van der Waals surface area contributed by atoms with Crippen LogP contribution in [0.15, 0.2) is 11.0 Å². The monoisotopic (exact) mass is 274 g/mol. The summed E-state index contributed by atoms with van der Waals surface area (Å²) >= 11 is 1.91. The summed E-state index contributed by atoms with van der Waals surface area (Å²) in [6.45, 7) is 13.7. The van der Waals surface area contributed by atoms with Crippen LogP contribution in [0.4, 0.5) is 0 Å². The molecule has 0 atom stereocenters. The number of hydrogen-bond acceptors (Lipinski definition) is 2. The van der Waals surface area contributed by atoms with Gasteiger partial charge in [0.05, 0.1) is 5.60 Å². The van der Waals surface area contributed by atoms with Gasteiger partial charge in [0.25, 0.3) is 0 Å². The van der Waals surface area contributed by atoms with E-state index in [1.807, 2.05) is 60.2 Å². The van der Waals surface area contributed by atoms with Crippen LogP contribution in [0, 0.1) is 5.41 Å². The Kier molecular flexibility index (Phi) is 11.2. The third kappa shape index (κ3) is 10.0. The van der Waals surface area contributed by atoms with Crippen molar-refractivity contribution in [3.05, 3.63) is 11.0 Å². The Bertz CT molecular complexity index is 206. The van der Waals surface area contributed by atoms with Crippen LogP contribution in [0.2, 0.25) is 0 Å². The Labute approximate surface area is 119 Å². The summed E-state index contributed by atoms with van der Waals surface area (Å²) in [5, 5.41) is 9.35. The molecule has 18 heavy (non-hydrogen) atoms. The molecule has 1 rings (SSSR count). The van der Waals surface area contributed by atoms with Crippen molar-refractivity contribution in [1.82, 2.24) is 0 Å². The highest BCUT2D eigenvalue weighted by Gasteiger charge is 2.29. The first kappa shape index (κ1) is 20.4. The maximum Gasteiger partial charge on any atom is 0.0639 e. The van der Waals surface area contributed by atoms with Crippen molar-refractivity contribution in [2.75, 3.05) is 6.26 Å². The second-order valence-electron chi connectivity index (χ2n) is 5.93. The molecule has 0 aromatic carbocycles. The predicted molar refractivity (Wildman–Crippen MR) is 87.2 cm³/mol. The van der Waals surface area contributed by atoms with Gasteiger partial charge in [0, 0.05) is 0 Å². The van der Waals surface area contributed by atoms with E-state index in [0.29, 0.717) is 0 Å². The zero-order chi connectivity index (χ0) is 14.8. The van der Waals surface area contributed by atoms with Gasteiger partial charge in [-0.3, -0.25) is 0 Å². The molecule has 0 amide bonds. The van der Waals surface area contributed by atoms with Crippen LogP contribution >= 0.6 is 11.8 Å². The second kappa shape index (κ2) is 9.91. The van der Waals surface area contributed by atoms with Crippen molar-refractivity contribution in [3.8, 4) is 0 Å². The third-order valence-electron chi connectivity index (χ3n) is 3.35. The smallest absolute Gasteiger partial charge is 0.0639 e. The van der Waals surface area contributed by atoms with Gasteiger partial charge in [-0.25, -0.2) is 0 Å². The van der Waals surface area contributed by atoms with Gasteiger partial charge in [-0.05, 0) is 56.1 Å². The average molecular weight is 275 g/mol. The lowest BCUT2D eigenvalue weighted by Crippen LogP contribution is -2.35. The second-order valence-corrected chi connectivity index (χ2v) is 6.86. The fourth-order valence-corrected chi connectivity index (χ4v) is 1.63. The van der Waals surface area contributed by atoms with E-state index in [1.165, 1.54) is 25.7 Å². The van der Waals surface area contributed by atoms with E-state index >= 15 is 0 Å². The van der Waals surface area contributed by atoms with Crippen LogP contribution in [0.3, 0.4) is 0 Å². The van der Waals surface area contributed by atoms with Crippen LogP contribution < -0.4 is 0 Å².